The Labute approximate surface area is 166 Å². The third-order valence-corrected chi connectivity index (χ3v) is 5.41. The van der Waals surface area contributed by atoms with Gasteiger partial charge in [-0.25, -0.2) is 9.78 Å². The summed E-state index contributed by atoms with van der Waals surface area (Å²) in [7, 11) is 0. The van der Waals surface area contributed by atoms with Crippen molar-refractivity contribution in [3.05, 3.63) is 58.9 Å². The number of hydrogen-bond donors (Lipinski definition) is 1. The minimum absolute atomic E-state index is 0.0553. The number of aromatic amines is 1. The minimum Gasteiger partial charge on any atom is -0.462 e. The zero-order chi connectivity index (χ0) is 20.3. The number of thioether (sulfide) groups is 1. The second-order valence-corrected chi connectivity index (χ2v) is 7.51. The number of Topliss-reactive ketones (excluding diaryl/α,β-unsaturated/α-hetero) is 1. The second-order valence-electron chi connectivity index (χ2n) is 6.18. The van der Waals surface area contributed by atoms with Gasteiger partial charge in [0.15, 0.2) is 5.78 Å². The molecule has 1 N–H and O–H groups in total. The lowest BCUT2D eigenvalue weighted by atomic mass is 10.1. The standard InChI is InChI=1S/C21H19N3O3S/c1-4-27-21(26)16-9-14(10-22)20(24-12(16)2)28-13(3)19(25)17-11-23-18-8-6-5-7-15(17)18/h5-9,11,13,23H,4H2,1-3H3/t13-/m0/s1. The normalized spacial score (nSPS) is 11.8. The van der Waals surface area contributed by atoms with Crippen molar-refractivity contribution in [2.45, 2.75) is 31.0 Å². The van der Waals surface area contributed by atoms with E-state index >= 15 is 0 Å². The topological polar surface area (TPSA) is 95.8 Å². The molecule has 0 fully saturated rings. The average molecular weight is 393 g/mol. The maximum absolute atomic E-state index is 12.9. The van der Waals surface area contributed by atoms with Crippen LogP contribution in [-0.2, 0) is 4.74 Å². The number of para-hydroxylation sites is 1. The highest BCUT2D eigenvalue weighted by atomic mass is 32.2. The van der Waals surface area contributed by atoms with Crippen molar-refractivity contribution in [2.75, 3.05) is 6.61 Å². The number of carbonyl (C=O) groups excluding carboxylic acids is 2. The highest BCUT2D eigenvalue weighted by molar-refractivity contribution is 8.00. The third kappa shape index (κ3) is 3.78. The molecule has 2 aromatic heterocycles. The zero-order valence-electron chi connectivity index (χ0n) is 15.8. The number of fused-ring (bicyclic) bond motifs is 1. The smallest absolute Gasteiger partial charge is 0.340 e. The van der Waals surface area contributed by atoms with Gasteiger partial charge in [-0.05, 0) is 32.9 Å². The van der Waals surface area contributed by atoms with Crippen LogP contribution in [-0.4, -0.2) is 33.6 Å². The molecular weight excluding hydrogens is 374 g/mol. The van der Waals surface area contributed by atoms with E-state index in [9.17, 15) is 14.9 Å². The Morgan fingerprint density at radius 2 is 2.07 bits per heavy atom. The molecule has 0 saturated carbocycles. The Kier molecular flexibility index (Phi) is 5.81. The molecule has 1 aromatic carbocycles. The predicted molar refractivity (Wildman–Crippen MR) is 108 cm³/mol. The molecule has 0 bridgehead atoms. The molecule has 0 amide bonds. The minimum atomic E-state index is -0.511. The van der Waals surface area contributed by atoms with Crippen LogP contribution in [0.4, 0.5) is 0 Å². The molecule has 2 heterocycles. The van der Waals surface area contributed by atoms with Gasteiger partial charge in [-0.3, -0.25) is 4.79 Å². The Bertz CT molecular complexity index is 1100. The second kappa shape index (κ2) is 8.28. The van der Waals surface area contributed by atoms with E-state index in [1.807, 2.05) is 24.3 Å². The summed E-state index contributed by atoms with van der Waals surface area (Å²) in [5.41, 5.74) is 2.48. The summed E-state index contributed by atoms with van der Waals surface area (Å²) >= 11 is 1.21. The first-order valence-corrected chi connectivity index (χ1v) is 9.70. The number of esters is 1. The Morgan fingerprint density at radius 3 is 2.79 bits per heavy atom. The number of aryl methyl sites for hydroxylation is 1. The van der Waals surface area contributed by atoms with Crippen LogP contribution >= 0.6 is 11.8 Å². The van der Waals surface area contributed by atoms with Gasteiger partial charge in [-0.2, -0.15) is 5.26 Å². The molecule has 7 heteroatoms. The van der Waals surface area contributed by atoms with Gasteiger partial charge in [0.2, 0.25) is 0 Å². The summed E-state index contributed by atoms with van der Waals surface area (Å²) in [5, 5.41) is 10.3. The lowest BCUT2D eigenvalue weighted by Crippen LogP contribution is -2.15. The number of carbonyl (C=O) groups is 2. The fourth-order valence-corrected chi connectivity index (χ4v) is 3.87. The summed E-state index contributed by atoms with van der Waals surface area (Å²) in [5.74, 6) is -0.566. The molecule has 28 heavy (non-hydrogen) atoms. The quantitative estimate of drug-likeness (QED) is 0.381. The summed E-state index contributed by atoms with van der Waals surface area (Å²) < 4.78 is 5.00. The number of ketones is 1. The Balaban J connectivity index is 1.88. The first-order valence-electron chi connectivity index (χ1n) is 8.82. The monoisotopic (exact) mass is 393 g/mol. The first-order chi connectivity index (χ1) is 13.5. The zero-order valence-corrected chi connectivity index (χ0v) is 16.6. The van der Waals surface area contributed by atoms with Gasteiger partial charge in [0, 0.05) is 22.7 Å². The van der Waals surface area contributed by atoms with Crippen LogP contribution in [0.2, 0.25) is 0 Å². The predicted octanol–water partition coefficient (Wildman–Crippen LogP) is 4.28. The summed E-state index contributed by atoms with van der Waals surface area (Å²) in [6, 6.07) is 11.1. The van der Waals surface area contributed by atoms with Crippen LogP contribution in [0.25, 0.3) is 10.9 Å². The summed E-state index contributed by atoms with van der Waals surface area (Å²) in [4.78, 5) is 32.5. The Hall–Kier alpha value is -3.11. The average Bonchev–Trinajstić information content (AvgIpc) is 3.11. The first kappa shape index (κ1) is 19.6. The van der Waals surface area contributed by atoms with E-state index in [0.29, 0.717) is 16.3 Å². The number of nitrogens with zero attached hydrogens (tertiary/aromatic N) is 2. The van der Waals surface area contributed by atoms with Crippen molar-refractivity contribution in [2.24, 2.45) is 0 Å². The van der Waals surface area contributed by atoms with Crippen LogP contribution in [0, 0.1) is 18.3 Å². The number of ether oxygens (including phenoxy) is 1. The molecule has 0 aliphatic rings. The van der Waals surface area contributed by atoms with E-state index in [4.69, 9.17) is 4.74 Å². The SMILES string of the molecule is CCOC(=O)c1cc(C#N)c(S[C@@H](C)C(=O)c2c[nH]c3ccccc23)nc1C. The van der Waals surface area contributed by atoms with Crippen molar-refractivity contribution < 1.29 is 14.3 Å². The molecule has 3 aromatic rings. The van der Waals surface area contributed by atoms with Crippen LogP contribution in [0.3, 0.4) is 0 Å². The van der Waals surface area contributed by atoms with Gasteiger partial charge in [-0.1, -0.05) is 30.0 Å². The van der Waals surface area contributed by atoms with Gasteiger partial charge >= 0.3 is 5.97 Å². The van der Waals surface area contributed by atoms with Crippen molar-refractivity contribution in [1.82, 2.24) is 9.97 Å². The lowest BCUT2D eigenvalue weighted by Gasteiger charge is -2.12. The number of aromatic nitrogens is 2. The summed E-state index contributed by atoms with van der Waals surface area (Å²) in [6.45, 7) is 5.43. The van der Waals surface area contributed by atoms with Crippen molar-refractivity contribution in [3.8, 4) is 6.07 Å². The van der Waals surface area contributed by atoms with Crippen molar-refractivity contribution in [1.29, 1.82) is 5.26 Å². The maximum Gasteiger partial charge on any atom is 0.340 e. The fraction of sp³-hybridized carbons (Fsp3) is 0.238. The molecule has 142 valence electrons. The van der Waals surface area contributed by atoms with Crippen LogP contribution < -0.4 is 0 Å². The number of nitrogens with one attached hydrogen (secondary N) is 1. The lowest BCUT2D eigenvalue weighted by molar-refractivity contribution is 0.0524. The number of hydrogen-bond acceptors (Lipinski definition) is 6. The van der Waals surface area contributed by atoms with Gasteiger partial charge in [0.05, 0.1) is 28.7 Å². The molecule has 0 spiro atoms. The molecule has 0 aliphatic heterocycles. The van der Waals surface area contributed by atoms with Crippen LogP contribution in [0.15, 0.2) is 41.6 Å². The van der Waals surface area contributed by atoms with Gasteiger partial charge in [0.1, 0.15) is 11.1 Å². The van der Waals surface area contributed by atoms with Gasteiger partial charge in [-0.15, -0.1) is 0 Å². The van der Waals surface area contributed by atoms with E-state index in [-0.39, 0.29) is 23.5 Å². The number of nitriles is 1. The highest BCUT2D eigenvalue weighted by Crippen LogP contribution is 2.30. The van der Waals surface area contributed by atoms with E-state index in [1.165, 1.54) is 17.8 Å². The highest BCUT2D eigenvalue weighted by Gasteiger charge is 2.23. The molecule has 0 aliphatic carbocycles. The molecule has 0 unspecified atom stereocenters. The number of benzene rings is 1. The fourth-order valence-electron chi connectivity index (χ4n) is 2.88. The molecule has 1 atom stereocenters. The molecule has 3 rings (SSSR count). The maximum atomic E-state index is 12.9. The molecule has 0 radical (unpaired) electrons. The van der Waals surface area contributed by atoms with Crippen molar-refractivity contribution in [3.63, 3.8) is 0 Å². The third-order valence-electron chi connectivity index (χ3n) is 4.31. The van der Waals surface area contributed by atoms with Gasteiger partial charge in [0.25, 0.3) is 0 Å². The van der Waals surface area contributed by atoms with E-state index in [1.54, 1.807) is 27.0 Å². The molecular formula is C21H19N3O3S. The van der Waals surface area contributed by atoms with Crippen LogP contribution in [0.1, 0.15) is 45.8 Å². The Morgan fingerprint density at radius 1 is 1.32 bits per heavy atom. The molecule has 6 nitrogen and oxygen atoms in total. The van der Waals surface area contributed by atoms with Gasteiger partial charge < -0.3 is 9.72 Å². The largest absolute Gasteiger partial charge is 0.462 e. The van der Waals surface area contributed by atoms with Crippen LogP contribution in [0.5, 0.6) is 0 Å². The summed E-state index contributed by atoms with van der Waals surface area (Å²) in [6.07, 6.45) is 1.71. The van der Waals surface area contributed by atoms with E-state index in [2.05, 4.69) is 16.0 Å². The number of pyridine rings is 1. The van der Waals surface area contributed by atoms with E-state index < -0.39 is 11.2 Å². The van der Waals surface area contributed by atoms with Crippen molar-refractivity contribution >= 4 is 34.4 Å². The molecule has 0 saturated heterocycles. The van der Waals surface area contributed by atoms with E-state index in [0.717, 1.165) is 10.9 Å². The number of rotatable bonds is 6. The number of H-pyrrole nitrogens is 1.